The first-order chi connectivity index (χ1) is 7.24. The maximum atomic E-state index is 8.58. The number of nitriles is 1. The third-order valence-corrected chi connectivity index (χ3v) is 1.91. The minimum absolute atomic E-state index is 0.505. The van der Waals surface area contributed by atoms with Crippen molar-refractivity contribution >= 4 is 5.95 Å². The summed E-state index contributed by atoms with van der Waals surface area (Å²) >= 11 is 0. The van der Waals surface area contributed by atoms with Crippen molar-refractivity contribution in [2.45, 2.75) is 20.3 Å². The highest BCUT2D eigenvalue weighted by atomic mass is 15.2. The lowest BCUT2D eigenvalue weighted by molar-refractivity contribution is 0.602. The second-order valence-electron chi connectivity index (χ2n) is 3.80. The summed E-state index contributed by atoms with van der Waals surface area (Å²) < 4.78 is 0. The Hall–Kier alpha value is -1.63. The van der Waals surface area contributed by atoms with Crippen molar-refractivity contribution in [1.82, 2.24) is 9.97 Å². The molecule has 0 bridgehead atoms. The fraction of sp³-hybridized carbons (Fsp3) is 0.545. The number of rotatable bonds is 5. The molecule has 1 aromatic rings. The molecule has 80 valence electrons. The van der Waals surface area contributed by atoms with Crippen LogP contribution >= 0.6 is 0 Å². The molecular formula is C11H16N4. The highest BCUT2D eigenvalue weighted by Gasteiger charge is 2.09. The van der Waals surface area contributed by atoms with Gasteiger partial charge in [-0.3, -0.25) is 0 Å². The Morgan fingerprint density at radius 2 is 2.07 bits per heavy atom. The quantitative estimate of drug-likeness (QED) is 0.734. The topological polar surface area (TPSA) is 52.8 Å². The van der Waals surface area contributed by atoms with E-state index in [1.54, 1.807) is 18.5 Å². The fourth-order valence-electron chi connectivity index (χ4n) is 1.35. The lowest BCUT2D eigenvalue weighted by Crippen LogP contribution is -2.30. The number of aromatic nitrogens is 2. The molecule has 0 unspecified atom stereocenters. The molecule has 0 radical (unpaired) electrons. The van der Waals surface area contributed by atoms with E-state index >= 15 is 0 Å². The average Bonchev–Trinajstić information content (AvgIpc) is 2.25. The summed E-state index contributed by atoms with van der Waals surface area (Å²) in [6.45, 7) is 5.86. The van der Waals surface area contributed by atoms with Crippen LogP contribution in [0.25, 0.3) is 0 Å². The summed E-state index contributed by atoms with van der Waals surface area (Å²) in [4.78, 5) is 10.4. The molecule has 0 aromatic carbocycles. The van der Waals surface area contributed by atoms with Gasteiger partial charge < -0.3 is 4.90 Å². The van der Waals surface area contributed by atoms with E-state index in [9.17, 15) is 0 Å². The van der Waals surface area contributed by atoms with E-state index in [1.807, 2.05) is 4.90 Å². The third kappa shape index (κ3) is 3.94. The van der Waals surface area contributed by atoms with E-state index in [1.165, 1.54) is 0 Å². The number of hydrogen-bond acceptors (Lipinski definition) is 4. The smallest absolute Gasteiger partial charge is 0.225 e. The van der Waals surface area contributed by atoms with Crippen LogP contribution in [0.2, 0.25) is 0 Å². The summed E-state index contributed by atoms with van der Waals surface area (Å²) in [5, 5.41) is 8.58. The molecule has 1 rings (SSSR count). The Bertz CT molecular complexity index is 315. The highest BCUT2D eigenvalue weighted by Crippen LogP contribution is 2.08. The van der Waals surface area contributed by atoms with Gasteiger partial charge in [0.1, 0.15) is 0 Å². The Balaban J connectivity index is 2.68. The van der Waals surface area contributed by atoms with E-state index < -0.39 is 0 Å². The second kappa shape index (κ2) is 5.97. The van der Waals surface area contributed by atoms with Gasteiger partial charge in [0, 0.05) is 25.5 Å². The monoisotopic (exact) mass is 204 g/mol. The minimum Gasteiger partial charge on any atom is -0.340 e. The van der Waals surface area contributed by atoms with Crippen LogP contribution in [-0.4, -0.2) is 23.1 Å². The number of nitrogens with zero attached hydrogens (tertiary/aromatic N) is 4. The van der Waals surface area contributed by atoms with Gasteiger partial charge in [-0.05, 0) is 12.0 Å². The SMILES string of the molecule is CC(C)CN(CCC#N)c1ncccn1. The molecule has 0 aliphatic carbocycles. The van der Waals surface area contributed by atoms with E-state index in [0.717, 1.165) is 6.54 Å². The molecule has 1 heterocycles. The lowest BCUT2D eigenvalue weighted by Gasteiger charge is -2.23. The first-order valence-electron chi connectivity index (χ1n) is 5.13. The van der Waals surface area contributed by atoms with Crippen molar-refractivity contribution < 1.29 is 0 Å². The van der Waals surface area contributed by atoms with Crippen LogP contribution < -0.4 is 4.90 Å². The van der Waals surface area contributed by atoms with E-state index in [-0.39, 0.29) is 0 Å². The summed E-state index contributed by atoms with van der Waals surface area (Å²) in [6, 6.07) is 3.94. The van der Waals surface area contributed by atoms with Gasteiger partial charge in [0.2, 0.25) is 5.95 Å². The zero-order valence-electron chi connectivity index (χ0n) is 9.22. The molecular weight excluding hydrogens is 188 g/mol. The first kappa shape index (κ1) is 11.4. The Morgan fingerprint density at radius 3 is 2.60 bits per heavy atom. The average molecular weight is 204 g/mol. The van der Waals surface area contributed by atoms with Crippen molar-refractivity contribution in [2.24, 2.45) is 5.92 Å². The molecule has 0 aliphatic heterocycles. The molecule has 0 saturated heterocycles. The van der Waals surface area contributed by atoms with E-state index in [0.29, 0.717) is 24.8 Å². The molecule has 15 heavy (non-hydrogen) atoms. The molecule has 0 amide bonds. The van der Waals surface area contributed by atoms with Crippen LogP contribution in [0, 0.1) is 17.2 Å². The summed E-state index contributed by atoms with van der Waals surface area (Å²) in [5.41, 5.74) is 0. The van der Waals surface area contributed by atoms with Gasteiger partial charge in [-0.1, -0.05) is 13.8 Å². The molecule has 4 heteroatoms. The van der Waals surface area contributed by atoms with Crippen molar-refractivity contribution in [2.75, 3.05) is 18.0 Å². The van der Waals surface area contributed by atoms with Crippen LogP contribution in [0.15, 0.2) is 18.5 Å². The standard InChI is InChI=1S/C11H16N4/c1-10(2)9-15(8-3-5-12)11-13-6-4-7-14-11/h4,6-7,10H,3,8-9H2,1-2H3. The molecule has 0 fully saturated rings. The second-order valence-corrected chi connectivity index (χ2v) is 3.80. The predicted molar refractivity (Wildman–Crippen MR) is 59.3 cm³/mol. The fourth-order valence-corrected chi connectivity index (χ4v) is 1.35. The lowest BCUT2D eigenvalue weighted by atomic mass is 10.2. The molecule has 0 spiro atoms. The van der Waals surface area contributed by atoms with Gasteiger partial charge in [0.25, 0.3) is 0 Å². The van der Waals surface area contributed by atoms with Crippen molar-refractivity contribution in [3.05, 3.63) is 18.5 Å². The number of anilines is 1. The van der Waals surface area contributed by atoms with Gasteiger partial charge in [0.15, 0.2) is 0 Å². The molecule has 4 nitrogen and oxygen atoms in total. The Morgan fingerprint density at radius 1 is 1.40 bits per heavy atom. The van der Waals surface area contributed by atoms with Crippen molar-refractivity contribution in [3.8, 4) is 6.07 Å². The Kier molecular flexibility index (Phi) is 4.55. The van der Waals surface area contributed by atoms with E-state index in [4.69, 9.17) is 5.26 Å². The van der Waals surface area contributed by atoms with Crippen LogP contribution in [0.5, 0.6) is 0 Å². The minimum atomic E-state index is 0.505. The Labute approximate surface area is 90.6 Å². The highest BCUT2D eigenvalue weighted by molar-refractivity contribution is 5.28. The molecule has 1 aromatic heterocycles. The molecule has 0 saturated carbocycles. The van der Waals surface area contributed by atoms with Crippen LogP contribution in [0.3, 0.4) is 0 Å². The van der Waals surface area contributed by atoms with Gasteiger partial charge in [-0.15, -0.1) is 0 Å². The molecule has 0 aliphatic rings. The summed E-state index contributed by atoms with van der Waals surface area (Å²) in [6.07, 6.45) is 3.95. The van der Waals surface area contributed by atoms with Crippen molar-refractivity contribution in [3.63, 3.8) is 0 Å². The summed E-state index contributed by atoms with van der Waals surface area (Å²) in [5.74, 6) is 1.24. The van der Waals surface area contributed by atoms with Gasteiger partial charge >= 0.3 is 0 Å². The van der Waals surface area contributed by atoms with Crippen LogP contribution in [0.4, 0.5) is 5.95 Å². The first-order valence-corrected chi connectivity index (χ1v) is 5.13. The van der Waals surface area contributed by atoms with Crippen molar-refractivity contribution in [1.29, 1.82) is 5.26 Å². The van der Waals surface area contributed by atoms with E-state index in [2.05, 4.69) is 29.9 Å². The normalized spacial score (nSPS) is 10.0. The zero-order chi connectivity index (χ0) is 11.1. The predicted octanol–water partition coefficient (Wildman–Crippen LogP) is 1.85. The molecule has 0 N–H and O–H groups in total. The maximum Gasteiger partial charge on any atom is 0.225 e. The summed E-state index contributed by atoms with van der Waals surface area (Å²) in [7, 11) is 0. The maximum absolute atomic E-state index is 8.58. The van der Waals surface area contributed by atoms with Crippen LogP contribution in [-0.2, 0) is 0 Å². The molecule has 0 atom stereocenters. The third-order valence-electron chi connectivity index (χ3n) is 1.91. The van der Waals surface area contributed by atoms with Crippen LogP contribution in [0.1, 0.15) is 20.3 Å². The number of hydrogen-bond donors (Lipinski definition) is 0. The largest absolute Gasteiger partial charge is 0.340 e. The zero-order valence-corrected chi connectivity index (χ0v) is 9.22. The van der Waals surface area contributed by atoms with Gasteiger partial charge in [0.05, 0.1) is 12.5 Å². The van der Waals surface area contributed by atoms with Gasteiger partial charge in [-0.25, -0.2) is 9.97 Å². The van der Waals surface area contributed by atoms with Gasteiger partial charge in [-0.2, -0.15) is 5.26 Å².